The van der Waals surface area contributed by atoms with Gasteiger partial charge in [0.05, 0.1) is 0 Å². The van der Waals surface area contributed by atoms with Crippen molar-refractivity contribution in [3.63, 3.8) is 0 Å². The summed E-state index contributed by atoms with van der Waals surface area (Å²) in [5.74, 6) is 1.05. The van der Waals surface area contributed by atoms with E-state index in [-0.39, 0.29) is 5.91 Å². The molecule has 3 heterocycles. The van der Waals surface area contributed by atoms with Gasteiger partial charge in [-0.2, -0.15) is 0 Å². The maximum absolute atomic E-state index is 12.8. The lowest BCUT2D eigenvalue weighted by molar-refractivity contribution is -0.134. The van der Waals surface area contributed by atoms with Crippen molar-refractivity contribution in [2.75, 3.05) is 26.2 Å². The van der Waals surface area contributed by atoms with Crippen LogP contribution in [0.5, 0.6) is 0 Å². The molecule has 1 aromatic carbocycles. The molecule has 28 heavy (non-hydrogen) atoms. The molecule has 3 aliphatic rings. The quantitative estimate of drug-likeness (QED) is 0.850. The van der Waals surface area contributed by atoms with Crippen molar-refractivity contribution >= 4 is 11.8 Å². The highest BCUT2D eigenvalue weighted by atomic mass is 16.2. The number of carbonyl (C=O) groups excluding carboxylic acids is 2. The Balaban J connectivity index is 1.22. The van der Waals surface area contributed by atoms with Crippen LogP contribution in [-0.2, 0) is 16.0 Å². The molecule has 2 bridgehead atoms. The normalized spacial score (nSPS) is 27.5. The first kappa shape index (κ1) is 19.4. The predicted octanol–water partition coefficient (Wildman–Crippen LogP) is 2.60. The zero-order valence-electron chi connectivity index (χ0n) is 16.8. The minimum atomic E-state index is 0.216. The lowest BCUT2D eigenvalue weighted by Crippen LogP contribution is -2.41. The first-order chi connectivity index (χ1) is 13.7. The van der Waals surface area contributed by atoms with Gasteiger partial charge in [0, 0.05) is 51.1 Å². The molecule has 5 heteroatoms. The summed E-state index contributed by atoms with van der Waals surface area (Å²) >= 11 is 0. The lowest BCUT2D eigenvalue weighted by Gasteiger charge is -2.30. The van der Waals surface area contributed by atoms with Crippen molar-refractivity contribution in [3.8, 4) is 0 Å². The predicted molar refractivity (Wildman–Crippen MR) is 110 cm³/mol. The fraction of sp³-hybridized carbons (Fsp3) is 0.652. The molecular weight excluding hydrogens is 350 g/mol. The molecule has 1 N–H and O–H groups in total. The standard InChI is InChI=1S/C23H33N3O2/c27-22(10-7-18-5-2-1-3-6-18)25-11-4-12-26(14-13-25)23(28)17-19-15-20-8-9-21(16-19)24-20/h1-3,5-6,19-21,24H,4,7-17H2. The molecular formula is C23H33N3O2. The Labute approximate surface area is 168 Å². The summed E-state index contributed by atoms with van der Waals surface area (Å²) in [5, 5.41) is 3.66. The summed E-state index contributed by atoms with van der Waals surface area (Å²) in [5.41, 5.74) is 1.21. The molecule has 2 atom stereocenters. The van der Waals surface area contributed by atoms with E-state index < -0.39 is 0 Å². The van der Waals surface area contributed by atoms with Crippen molar-refractivity contribution < 1.29 is 9.59 Å². The second-order valence-electron chi connectivity index (χ2n) is 8.78. The topological polar surface area (TPSA) is 52.7 Å². The summed E-state index contributed by atoms with van der Waals surface area (Å²) in [4.78, 5) is 29.4. The highest BCUT2D eigenvalue weighted by Crippen LogP contribution is 2.33. The van der Waals surface area contributed by atoms with E-state index in [0.29, 0.717) is 49.8 Å². The summed E-state index contributed by atoms with van der Waals surface area (Å²) in [6, 6.07) is 11.5. The van der Waals surface area contributed by atoms with Crippen LogP contribution in [0.15, 0.2) is 30.3 Å². The molecule has 5 nitrogen and oxygen atoms in total. The zero-order chi connectivity index (χ0) is 19.3. The van der Waals surface area contributed by atoms with Crippen LogP contribution < -0.4 is 5.32 Å². The van der Waals surface area contributed by atoms with Gasteiger partial charge in [-0.1, -0.05) is 30.3 Å². The minimum absolute atomic E-state index is 0.216. The van der Waals surface area contributed by atoms with E-state index in [9.17, 15) is 9.59 Å². The number of carbonyl (C=O) groups is 2. The third kappa shape index (κ3) is 4.93. The number of nitrogens with one attached hydrogen (secondary N) is 1. The Morgan fingerprint density at radius 2 is 1.54 bits per heavy atom. The van der Waals surface area contributed by atoms with Gasteiger partial charge >= 0.3 is 0 Å². The van der Waals surface area contributed by atoms with E-state index in [1.54, 1.807) is 0 Å². The number of amides is 2. The Morgan fingerprint density at radius 1 is 0.893 bits per heavy atom. The highest BCUT2D eigenvalue weighted by molar-refractivity contribution is 5.78. The van der Waals surface area contributed by atoms with Gasteiger partial charge in [-0.25, -0.2) is 0 Å². The van der Waals surface area contributed by atoms with Crippen molar-refractivity contribution in [1.29, 1.82) is 0 Å². The SMILES string of the molecule is O=C(CCc1ccccc1)N1CCCN(C(=O)CC2CC3CCC(C2)N3)CC1. The van der Waals surface area contributed by atoms with Crippen molar-refractivity contribution in [2.24, 2.45) is 5.92 Å². The van der Waals surface area contributed by atoms with Gasteiger partial charge in [0.1, 0.15) is 0 Å². The molecule has 0 aliphatic carbocycles. The van der Waals surface area contributed by atoms with Gasteiger partial charge in [-0.05, 0) is 50.0 Å². The Kier molecular flexibility index (Phi) is 6.30. The number of aryl methyl sites for hydroxylation is 1. The van der Waals surface area contributed by atoms with Crippen molar-refractivity contribution in [2.45, 2.75) is 63.5 Å². The monoisotopic (exact) mass is 383 g/mol. The zero-order valence-corrected chi connectivity index (χ0v) is 16.8. The molecule has 4 rings (SSSR count). The number of rotatable bonds is 5. The van der Waals surface area contributed by atoms with Crippen LogP contribution in [0.1, 0.15) is 50.5 Å². The van der Waals surface area contributed by atoms with E-state index in [2.05, 4.69) is 17.4 Å². The Morgan fingerprint density at radius 3 is 2.21 bits per heavy atom. The molecule has 2 amide bonds. The van der Waals surface area contributed by atoms with Gasteiger partial charge in [0.25, 0.3) is 0 Å². The number of hydrogen-bond donors (Lipinski definition) is 1. The lowest BCUT2D eigenvalue weighted by atomic mass is 9.89. The fourth-order valence-corrected chi connectivity index (χ4v) is 5.19. The van der Waals surface area contributed by atoms with Crippen LogP contribution in [0.2, 0.25) is 0 Å². The Bertz CT molecular complexity index is 666. The van der Waals surface area contributed by atoms with E-state index in [1.165, 1.54) is 18.4 Å². The smallest absolute Gasteiger partial charge is 0.222 e. The second kappa shape index (κ2) is 9.08. The average molecular weight is 384 g/mol. The molecule has 152 valence electrons. The van der Waals surface area contributed by atoms with E-state index >= 15 is 0 Å². The number of nitrogens with zero attached hydrogens (tertiary/aromatic N) is 2. The molecule has 1 aromatic rings. The van der Waals surface area contributed by atoms with Gasteiger partial charge in [-0.3, -0.25) is 9.59 Å². The number of fused-ring (bicyclic) bond motifs is 2. The highest BCUT2D eigenvalue weighted by Gasteiger charge is 2.35. The summed E-state index contributed by atoms with van der Waals surface area (Å²) in [6.07, 6.45) is 7.78. The summed E-state index contributed by atoms with van der Waals surface area (Å²) in [7, 11) is 0. The maximum Gasteiger partial charge on any atom is 0.222 e. The van der Waals surface area contributed by atoms with Gasteiger partial charge in [0.15, 0.2) is 0 Å². The molecule has 3 aliphatic heterocycles. The molecule has 0 radical (unpaired) electrons. The molecule has 0 aromatic heterocycles. The molecule has 3 saturated heterocycles. The number of hydrogen-bond acceptors (Lipinski definition) is 3. The molecule has 0 spiro atoms. The van der Waals surface area contributed by atoms with Crippen LogP contribution in [0.3, 0.4) is 0 Å². The number of benzene rings is 1. The number of piperidine rings is 1. The second-order valence-corrected chi connectivity index (χ2v) is 8.78. The van der Waals surface area contributed by atoms with Gasteiger partial charge < -0.3 is 15.1 Å². The Hall–Kier alpha value is -1.88. The third-order valence-electron chi connectivity index (χ3n) is 6.71. The van der Waals surface area contributed by atoms with Crippen LogP contribution in [0.4, 0.5) is 0 Å². The molecule has 0 saturated carbocycles. The van der Waals surface area contributed by atoms with E-state index in [0.717, 1.165) is 38.8 Å². The summed E-state index contributed by atoms with van der Waals surface area (Å²) < 4.78 is 0. The summed E-state index contributed by atoms with van der Waals surface area (Å²) in [6.45, 7) is 2.93. The van der Waals surface area contributed by atoms with Crippen LogP contribution in [0.25, 0.3) is 0 Å². The average Bonchev–Trinajstić information content (AvgIpc) is 2.91. The molecule has 3 fully saturated rings. The third-order valence-corrected chi connectivity index (χ3v) is 6.71. The largest absolute Gasteiger partial charge is 0.341 e. The first-order valence-corrected chi connectivity index (χ1v) is 11.0. The minimum Gasteiger partial charge on any atom is -0.341 e. The van der Waals surface area contributed by atoms with Gasteiger partial charge in [-0.15, -0.1) is 0 Å². The molecule has 2 unspecified atom stereocenters. The fourth-order valence-electron chi connectivity index (χ4n) is 5.19. The van der Waals surface area contributed by atoms with Crippen LogP contribution in [0, 0.1) is 5.92 Å². The van der Waals surface area contributed by atoms with E-state index in [1.807, 2.05) is 28.0 Å². The van der Waals surface area contributed by atoms with Gasteiger partial charge in [0.2, 0.25) is 11.8 Å². The first-order valence-electron chi connectivity index (χ1n) is 11.0. The van der Waals surface area contributed by atoms with Crippen LogP contribution >= 0.6 is 0 Å². The van der Waals surface area contributed by atoms with E-state index in [4.69, 9.17) is 0 Å². The van der Waals surface area contributed by atoms with Crippen LogP contribution in [-0.4, -0.2) is 59.9 Å². The maximum atomic E-state index is 12.8. The van der Waals surface area contributed by atoms with Crippen molar-refractivity contribution in [1.82, 2.24) is 15.1 Å². The van der Waals surface area contributed by atoms with Crippen molar-refractivity contribution in [3.05, 3.63) is 35.9 Å².